The van der Waals surface area contributed by atoms with Crippen LogP contribution in [0.1, 0.15) is 62.9 Å². The Bertz CT molecular complexity index is 2130. The van der Waals surface area contributed by atoms with Crippen molar-refractivity contribution in [3.63, 3.8) is 0 Å². The van der Waals surface area contributed by atoms with Gasteiger partial charge in [0, 0.05) is 27.5 Å². The van der Waals surface area contributed by atoms with E-state index in [1.807, 2.05) is 62.4 Å². The minimum Gasteiger partial charge on any atom is -0.460 e. The highest BCUT2D eigenvalue weighted by atomic mass is 16.6. The summed E-state index contributed by atoms with van der Waals surface area (Å²) in [4.78, 5) is 55.9. The summed E-state index contributed by atoms with van der Waals surface area (Å²) in [7, 11) is 0. The molecule has 7 N–H and O–H groups in total. The third kappa shape index (κ3) is 5.78. The monoisotopic (exact) mass is 647 g/mol. The second-order valence-electron chi connectivity index (χ2n) is 12.3. The molecule has 0 saturated carbocycles. The number of hydrogen-bond donors (Lipinski definition) is 4. The van der Waals surface area contributed by atoms with Crippen molar-refractivity contribution < 1.29 is 28.7 Å². The van der Waals surface area contributed by atoms with Crippen molar-refractivity contribution in [1.82, 2.24) is 4.98 Å². The van der Waals surface area contributed by atoms with Gasteiger partial charge in [-0.1, -0.05) is 48.0 Å². The summed E-state index contributed by atoms with van der Waals surface area (Å²) < 4.78 is 10.9. The fraction of sp³-hybridized carbons (Fsp3) is 0.243. The highest BCUT2D eigenvalue weighted by Crippen LogP contribution is 2.41. The molecule has 0 spiro atoms. The molecular weight excluding hydrogens is 610 g/mol. The van der Waals surface area contributed by atoms with E-state index in [2.05, 4.69) is 4.98 Å². The second-order valence-corrected chi connectivity index (χ2v) is 12.3. The second kappa shape index (κ2) is 12.6. The Morgan fingerprint density at radius 2 is 1.65 bits per heavy atom. The Hall–Kier alpha value is -5.52. The maximum Gasteiger partial charge on any atom is 0.323 e. The molecule has 3 atom stereocenters. The van der Waals surface area contributed by atoms with Crippen LogP contribution in [0.25, 0.3) is 32.9 Å². The average molecular weight is 648 g/mol. The molecule has 0 aliphatic carbocycles. The van der Waals surface area contributed by atoms with Crippen molar-refractivity contribution in [3.8, 4) is 11.1 Å². The van der Waals surface area contributed by atoms with E-state index in [9.17, 15) is 19.2 Å². The number of ether oxygens (including phenoxy) is 2. The van der Waals surface area contributed by atoms with Crippen LogP contribution in [0, 0.1) is 13.8 Å². The molecule has 11 heteroatoms. The van der Waals surface area contributed by atoms with E-state index in [0.29, 0.717) is 34.3 Å². The lowest BCUT2D eigenvalue weighted by molar-refractivity contribution is -0.160. The van der Waals surface area contributed by atoms with E-state index < -0.39 is 36.0 Å². The predicted octanol–water partition coefficient (Wildman–Crippen LogP) is 4.69. The predicted molar refractivity (Wildman–Crippen MR) is 183 cm³/mol. The number of H-pyrrole nitrogens is 1. The van der Waals surface area contributed by atoms with Gasteiger partial charge in [-0.05, 0) is 79.8 Å². The van der Waals surface area contributed by atoms with E-state index >= 15 is 0 Å². The molecule has 0 bridgehead atoms. The van der Waals surface area contributed by atoms with Crippen LogP contribution in [0.2, 0.25) is 0 Å². The van der Waals surface area contributed by atoms with Gasteiger partial charge < -0.3 is 36.6 Å². The summed E-state index contributed by atoms with van der Waals surface area (Å²) >= 11 is 0. The Kier molecular flexibility index (Phi) is 8.50. The highest BCUT2D eigenvalue weighted by molar-refractivity contribution is 6.20. The summed E-state index contributed by atoms with van der Waals surface area (Å²) in [5.74, 6) is -1.97. The number of fused-ring (bicyclic) bond motifs is 4. The molecule has 2 heterocycles. The fourth-order valence-corrected chi connectivity index (χ4v) is 6.21. The van der Waals surface area contributed by atoms with E-state index in [-0.39, 0.29) is 12.5 Å². The molecule has 1 aliphatic rings. The number of nitrogens with one attached hydrogen (secondary N) is 1. The Balaban J connectivity index is 1.46. The molecule has 6 rings (SSSR count). The maximum absolute atomic E-state index is 13.5. The normalized spacial score (nSPS) is 14.5. The topological polar surface area (TPSA) is 184 Å². The lowest BCUT2D eigenvalue weighted by Gasteiger charge is -2.21. The molecular formula is C37H37N5O6. The molecule has 0 fully saturated rings. The standard InChI is InChI=1S/C37H37N5O6/c1-18-8-9-23-16-42(35(44)28(23)14-18)30-7-5-6-24(19(30)2)25-12-13-27(34(40)43)33-32(25)26-11-10-22(15-29(26)41-33)31(48-37(46)21(4)39)17-47-36(45)20(3)38/h5-15,20-21,31,41H,16-17,38-39H2,1-4H3,(H2,40,43). The number of nitrogens with two attached hydrogens (primary N) is 3. The summed E-state index contributed by atoms with van der Waals surface area (Å²) in [5.41, 5.74) is 25.3. The number of primary amides is 1. The van der Waals surface area contributed by atoms with Gasteiger partial charge in [-0.2, -0.15) is 0 Å². The van der Waals surface area contributed by atoms with E-state index in [1.165, 1.54) is 13.8 Å². The van der Waals surface area contributed by atoms with Crippen LogP contribution >= 0.6 is 0 Å². The number of anilines is 1. The van der Waals surface area contributed by atoms with Crippen LogP contribution in [0.15, 0.2) is 66.7 Å². The maximum atomic E-state index is 13.5. The number of nitrogens with zero attached hydrogens (tertiary/aromatic N) is 1. The van der Waals surface area contributed by atoms with Gasteiger partial charge in [0.05, 0.1) is 17.6 Å². The largest absolute Gasteiger partial charge is 0.460 e. The van der Waals surface area contributed by atoms with E-state index in [4.69, 9.17) is 26.7 Å². The van der Waals surface area contributed by atoms with Crippen molar-refractivity contribution in [2.24, 2.45) is 17.2 Å². The minimum atomic E-state index is -0.970. The third-order valence-electron chi connectivity index (χ3n) is 8.75. The number of aromatic amines is 1. The average Bonchev–Trinajstić information content (AvgIpc) is 3.59. The van der Waals surface area contributed by atoms with Gasteiger partial charge in [-0.25, -0.2) is 0 Å². The molecule has 5 aromatic rings. The summed E-state index contributed by atoms with van der Waals surface area (Å²) in [6.07, 6.45) is -0.970. The van der Waals surface area contributed by atoms with Crippen molar-refractivity contribution in [2.45, 2.75) is 52.4 Å². The Morgan fingerprint density at radius 3 is 2.35 bits per heavy atom. The lowest BCUT2D eigenvalue weighted by Crippen LogP contribution is -2.33. The first-order valence-electron chi connectivity index (χ1n) is 15.6. The number of carbonyl (C=O) groups is 4. The van der Waals surface area contributed by atoms with Crippen LogP contribution in [-0.4, -0.2) is 47.4 Å². The number of esters is 2. The number of aromatic nitrogens is 1. The zero-order valence-electron chi connectivity index (χ0n) is 27.1. The summed E-state index contributed by atoms with van der Waals surface area (Å²) in [6.45, 7) is 7.14. The van der Waals surface area contributed by atoms with Crippen LogP contribution < -0.4 is 22.1 Å². The fourth-order valence-electron chi connectivity index (χ4n) is 6.21. The molecule has 2 amide bonds. The first-order valence-corrected chi connectivity index (χ1v) is 15.6. The number of hydrogen-bond acceptors (Lipinski definition) is 8. The lowest BCUT2D eigenvalue weighted by atomic mass is 9.93. The van der Waals surface area contributed by atoms with Gasteiger partial charge in [0.1, 0.15) is 18.7 Å². The SMILES string of the molecule is Cc1ccc2c(c1)C(=O)N(c1cccc(-c3ccc(C(N)=O)c4[nH]c5cc(C(COC(=O)C(C)N)OC(=O)C(C)N)ccc5c34)c1C)C2. The zero-order valence-corrected chi connectivity index (χ0v) is 27.1. The number of carbonyl (C=O) groups excluding carboxylic acids is 4. The Morgan fingerprint density at radius 1 is 0.896 bits per heavy atom. The van der Waals surface area contributed by atoms with Gasteiger partial charge in [-0.3, -0.25) is 19.2 Å². The molecule has 11 nitrogen and oxygen atoms in total. The number of benzene rings is 4. The Labute approximate surface area is 277 Å². The molecule has 1 aliphatic heterocycles. The number of amides is 2. The summed E-state index contributed by atoms with van der Waals surface area (Å²) in [5, 5.41) is 1.54. The summed E-state index contributed by atoms with van der Waals surface area (Å²) in [6, 6.07) is 18.9. The van der Waals surface area contributed by atoms with Gasteiger partial charge in [0.15, 0.2) is 6.10 Å². The molecule has 1 aromatic heterocycles. The zero-order chi connectivity index (χ0) is 34.4. The third-order valence-corrected chi connectivity index (χ3v) is 8.75. The molecule has 4 aromatic carbocycles. The van der Waals surface area contributed by atoms with E-state index in [1.54, 1.807) is 23.1 Å². The highest BCUT2D eigenvalue weighted by Gasteiger charge is 2.30. The van der Waals surface area contributed by atoms with Crippen LogP contribution in [-0.2, 0) is 25.6 Å². The van der Waals surface area contributed by atoms with Gasteiger partial charge in [-0.15, -0.1) is 0 Å². The number of aryl methyl sites for hydroxylation is 1. The quantitative estimate of drug-likeness (QED) is 0.166. The molecule has 3 unspecified atom stereocenters. The molecule has 246 valence electrons. The first kappa shape index (κ1) is 32.4. The van der Waals surface area contributed by atoms with Crippen molar-refractivity contribution in [2.75, 3.05) is 11.5 Å². The van der Waals surface area contributed by atoms with Crippen LogP contribution in [0.5, 0.6) is 0 Å². The van der Waals surface area contributed by atoms with Crippen molar-refractivity contribution in [3.05, 3.63) is 100 Å². The van der Waals surface area contributed by atoms with Crippen molar-refractivity contribution >= 4 is 51.2 Å². The number of rotatable bonds is 9. The molecule has 0 saturated heterocycles. The van der Waals surface area contributed by atoms with Crippen LogP contribution in [0.4, 0.5) is 5.69 Å². The van der Waals surface area contributed by atoms with Gasteiger partial charge in [0.25, 0.3) is 11.8 Å². The van der Waals surface area contributed by atoms with Crippen molar-refractivity contribution in [1.29, 1.82) is 0 Å². The van der Waals surface area contributed by atoms with Gasteiger partial charge in [0.2, 0.25) is 0 Å². The van der Waals surface area contributed by atoms with Gasteiger partial charge >= 0.3 is 11.9 Å². The van der Waals surface area contributed by atoms with Crippen LogP contribution in [0.3, 0.4) is 0 Å². The molecule has 48 heavy (non-hydrogen) atoms. The minimum absolute atomic E-state index is 0.0475. The van der Waals surface area contributed by atoms with E-state index in [0.717, 1.165) is 44.3 Å². The molecule has 0 radical (unpaired) electrons. The first-order chi connectivity index (χ1) is 22.8. The smallest absolute Gasteiger partial charge is 0.323 e.